The third kappa shape index (κ3) is 3.17. The molecule has 0 bridgehead atoms. The molecule has 0 unspecified atom stereocenters. The molecule has 0 aliphatic carbocycles. The Hall–Kier alpha value is -2.59. The Balaban J connectivity index is 1.62. The number of thioether (sulfide) groups is 1. The maximum Gasteiger partial charge on any atom is 0.191 e. The largest absolute Gasteiger partial charge is 0.302 e. The molecule has 4 rings (SSSR count). The van der Waals surface area contributed by atoms with Crippen molar-refractivity contribution in [1.29, 1.82) is 0 Å². The maximum absolute atomic E-state index is 4.43. The molecule has 3 aromatic carbocycles. The van der Waals surface area contributed by atoms with Crippen LogP contribution in [0.3, 0.4) is 0 Å². The summed E-state index contributed by atoms with van der Waals surface area (Å²) in [7, 11) is 0. The average molecular weight is 345 g/mol. The van der Waals surface area contributed by atoms with E-state index >= 15 is 0 Å². The normalized spacial score (nSPS) is 11.1. The van der Waals surface area contributed by atoms with Crippen molar-refractivity contribution in [3.05, 3.63) is 78.4 Å². The van der Waals surface area contributed by atoms with Crippen molar-refractivity contribution >= 4 is 22.5 Å². The van der Waals surface area contributed by atoms with Crippen LogP contribution in [0.15, 0.2) is 78.0 Å². The zero-order valence-electron chi connectivity index (χ0n) is 14.1. The summed E-state index contributed by atoms with van der Waals surface area (Å²) in [5, 5.41) is 12.4. The maximum atomic E-state index is 4.43. The van der Waals surface area contributed by atoms with Gasteiger partial charge in [0, 0.05) is 17.9 Å². The van der Waals surface area contributed by atoms with Crippen molar-refractivity contribution in [3.8, 4) is 11.4 Å². The summed E-state index contributed by atoms with van der Waals surface area (Å²) < 4.78 is 2.19. The lowest BCUT2D eigenvalue weighted by Gasteiger charge is -2.09. The monoisotopic (exact) mass is 345 g/mol. The van der Waals surface area contributed by atoms with Crippen LogP contribution in [0.4, 0.5) is 0 Å². The van der Waals surface area contributed by atoms with Crippen LogP contribution in [0.5, 0.6) is 0 Å². The van der Waals surface area contributed by atoms with Crippen molar-refractivity contribution in [1.82, 2.24) is 14.8 Å². The van der Waals surface area contributed by atoms with Crippen LogP contribution < -0.4 is 0 Å². The molecule has 1 heterocycles. The van der Waals surface area contributed by atoms with Crippen LogP contribution in [-0.2, 0) is 12.3 Å². The fourth-order valence-electron chi connectivity index (χ4n) is 3.04. The molecular weight excluding hydrogens is 326 g/mol. The van der Waals surface area contributed by atoms with Gasteiger partial charge in [-0.15, -0.1) is 10.2 Å². The Morgan fingerprint density at radius 1 is 0.840 bits per heavy atom. The number of rotatable bonds is 5. The zero-order valence-corrected chi connectivity index (χ0v) is 14.9. The van der Waals surface area contributed by atoms with Gasteiger partial charge >= 0.3 is 0 Å². The molecular formula is C21H19N3S. The van der Waals surface area contributed by atoms with Gasteiger partial charge in [0.2, 0.25) is 0 Å². The van der Waals surface area contributed by atoms with E-state index in [2.05, 4.69) is 76.3 Å². The highest BCUT2D eigenvalue weighted by Crippen LogP contribution is 2.29. The summed E-state index contributed by atoms with van der Waals surface area (Å²) >= 11 is 1.74. The minimum atomic E-state index is 0.856. The van der Waals surface area contributed by atoms with Crippen molar-refractivity contribution in [2.24, 2.45) is 0 Å². The Bertz CT molecular complexity index is 987. The first-order valence-corrected chi connectivity index (χ1v) is 9.43. The van der Waals surface area contributed by atoms with E-state index in [1.54, 1.807) is 11.8 Å². The Morgan fingerprint density at radius 3 is 2.44 bits per heavy atom. The van der Waals surface area contributed by atoms with Crippen molar-refractivity contribution < 1.29 is 0 Å². The van der Waals surface area contributed by atoms with Gasteiger partial charge in [0.1, 0.15) is 0 Å². The highest BCUT2D eigenvalue weighted by molar-refractivity contribution is 7.98. The topological polar surface area (TPSA) is 30.7 Å². The highest BCUT2D eigenvalue weighted by Gasteiger charge is 2.13. The van der Waals surface area contributed by atoms with Gasteiger partial charge in [-0.05, 0) is 23.3 Å². The predicted molar refractivity (Wildman–Crippen MR) is 105 cm³/mol. The van der Waals surface area contributed by atoms with Gasteiger partial charge in [-0.3, -0.25) is 0 Å². The van der Waals surface area contributed by atoms with E-state index in [1.807, 2.05) is 18.2 Å². The lowest BCUT2D eigenvalue weighted by molar-refractivity contribution is 0.687. The molecule has 25 heavy (non-hydrogen) atoms. The minimum Gasteiger partial charge on any atom is -0.302 e. The fourth-order valence-corrected chi connectivity index (χ4v) is 4.05. The second kappa shape index (κ2) is 7.11. The molecule has 0 radical (unpaired) electrons. The molecule has 0 amide bonds. The minimum absolute atomic E-state index is 0.856. The Kier molecular flexibility index (Phi) is 4.53. The van der Waals surface area contributed by atoms with E-state index in [1.165, 1.54) is 16.3 Å². The Morgan fingerprint density at radius 2 is 1.60 bits per heavy atom. The first kappa shape index (κ1) is 15.9. The van der Waals surface area contributed by atoms with E-state index in [4.69, 9.17) is 0 Å². The number of hydrogen-bond acceptors (Lipinski definition) is 3. The zero-order chi connectivity index (χ0) is 17.1. The lowest BCUT2D eigenvalue weighted by atomic mass is 10.1. The summed E-state index contributed by atoms with van der Waals surface area (Å²) in [4.78, 5) is 0. The number of benzene rings is 3. The molecule has 0 saturated heterocycles. The molecule has 0 spiro atoms. The SMILES string of the molecule is CCn1c(SCc2cccc3ccccc23)nnc1-c1ccccc1. The number of hydrogen-bond donors (Lipinski definition) is 0. The second-order valence-corrected chi connectivity index (χ2v) is 6.79. The highest BCUT2D eigenvalue weighted by atomic mass is 32.2. The summed E-state index contributed by atoms with van der Waals surface area (Å²) in [6.07, 6.45) is 0. The molecule has 0 saturated carbocycles. The molecule has 4 aromatic rings. The van der Waals surface area contributed by atoms with Gasteiger partial charge in [-0.2, -0.15) is 0 Å². The third-order valence-corrected chi connectivity index (χ3v) is 5.32. The summed E-state index contributed by atoms with van der Waals surface area (Å²) in [6, 6.07) is 25.2. The van der Waals surface area contributed by atoms with Crippen LogP contribution in [0.2, 0.25) is 0 Å². The van der Waals surface area contributed by atoms with Gasteiger partial charge in [-0.1, -0.05) is 84.6 Å². The molecule has 0 N–H and O–H groups in total. The predicted octanol–water partition coefficient (Wildman–Crippen LogP) is 5.41. The Labute approximate surface area is 151 Å². The smallest absolute Gasteiger partial charge is 0.191 e. The molecule has 124 valence electrons. The van der Waals surface area contributed by atoms with Crippen molar-refractivity contribution in [3.63, 3.8) is 0 Å². The third-order valence-electron chi connectivity index (χ3n) is 4.30. The van der Waals surface area contributed by atoms with Crippen molar-refractivity contribution in [2.75, 3.05) is 0 Å². The first-order valence-electron chi connectivity index (χ1n) is 8.45. The quantitative estimate of drug-likeness (QED) is 0.453. The van der Waals surface area contributed by atoms with Crippen LogP contribution in [0, 0.1) is 0 Å². The summed E-state index contributed by atoms with van der Waals surface area (Å²) in [6.45, 7) is 2.99. The van der Waals surface area contributed by atoms with E-state index in [0.717, 1.165) is 28.8 Å². The van der Waals surface area contributed by atoms with Gasteiger partial charge in [0.25, 0.3) is 0 Å². The van der Waals surface area contributed by atoms with Crippen LogP contribution >= 0.6 is 11.8 Å². The summed E-state index contributed by atoms with van der Waals surface area (Å²) in [5.41, 5.74) is 2.43. The van der Waals surface area contributed by atoms with E-state index < -0.39 is 0 Å². The molecule has 0 aliphatic rings. The van der Waals surface area contributed by atoms with E-state index in [-0.39, 0.29) is 0 Å². The molecule has 4 heteroatoms. The molecule has 0 atom stereocenters. The average Bonchev–Trinajstić information content (AvgIpc) is 3.10. The number of nitrogens with zero attached hydrogens (tertiary/aromatic N) is 3. The standard InChI is InChI=1S/C21H19N3S/c1-2-24-20(17-10-4-3-5-11-17)22-23-21(24)25-15-18-13-8-12-16-9-6-7-14-19(16)18/h3-14H,2,15H2,1H3. The molecule has 1 aromatic heterocycles. The van der Waals surface area contributed by atoms with Crippen LogP contribution in [0.1, 0.15) is 12.5 Å². The first-order chi connectivity index (χ1) is 12.4. The lowest BCUT2D eigenvalue weighted by Crippen LogP contribution is -1.99. The fraction of sp³-hybridized carbons (Fsp3) is 0.143. The van der Waals surface area contributed by atoms with Crippen LogP contribution in [0.25, 0.3) is 22.2 Å². The van der Waals surface area contributed by atoms with E-state index in [9.17, 15) is 0 Å². The summed E-state index contributed by atoms with van der Waals surface area (Å²) in [5.74, 6) is 1.82. The van der Waals surface area contributed by atoms with E-state index in [0.29, 0.717) is 0 Å². The molecule has 3 nitrogen and oxygen atoms in total. The molecule has 0 fully saturated rings. The van der Waals surface area contributed by atoms with Crippen LogP contribution in [-0.4, -0.2) is 14.8 Å². The second-order valence-electron chi connectivity index (χ2n) is 5.84. The number of fused-ring (bicyclic) bond motifs is 1. The molecule has 0 aliphatic heterocycles. The number of aromatic nitrogens is 3. The van der Waals surface area contributed by atoms with Crippen molar-refractivity contribution in [2.45, 2.75) is 24.4 Å². The van der Waals surface area contributed by atoms with Gasteiger partial charge in [0.15, 0.2) is 11.0 Å². The van der Waals surface area contributed by atoms with Gasteiger partial charge in [-0.25, -0.2) is 0 Å². The van der Waals surface area contributed by atoms with Gasteiger partial charge in [0.05, 0.1) is 0 Å². The van der Waals surface area contributed by atoms with Gasteiger partial charge < -0.3 is 4.57 Å².